The number of sulfonamides is 1. The van der Waals surface area contributed by atoms with Gasteiger partial charge in [-0.15, -0.1) is 0 Å². The number of rotatable bonds is 9. The first-order valence-corrected chi connectivity index (χ1v) is 9.90. The van der Waals surface area contributed by atoms with Crippen LogP contribution in [-0.4, -0.2) is 27.8 Å². The van der Waals surface area contributed by atoms with Crippen LogP contribution in [0.5, 0.6) is 5.75 Å². The van der Waals surface area contributed by atoms with E-state index in [2.05, 4.69) is 9.71 Å². The molecule has 0 spiro atoms. The summed E-state index contributed by atoms with van der Waals surface area (Å²) in [6.45, 7) is 5.05. The average Bonchev–Trinajstić information content (AvgIpc) is 2.62. The van der Waals surface area contributed by atoms with Crippen molar-refractivity contribution in [2.45, 2.75) is 31.6 Å². The summed E-state index contributed by atoms with van der Waals surface area (Å²) in [4.78, 5) is 4.62. The van der Waals surface area contributed by atoms with Crippen LogP contribution < -0.4 is 9.46 Å². The van der Waals surface area contributed by atoms with E-state index in [0.29, 0.717) is 18.8 Å². The maximum atomic E-state index is 12.1. The largest absolute Gasteiger partial charge is 0.494 e. The lowest BCUT2D eigenvalue weighted by molar-refractivity contribution is 0.340. The summed E-state index contributed by atoms with van der Waals surface area (Å²) in [7, 11) is -3.44. The van der Waals surface area contributed by atoms with E-state index in [-0.39, 0.29) is 4.90 Å². The Labute approximate surface area is 149 Å². The van der Waals surface area contributed by atoms with Gasteiger partial charge in [0, 0.05) is 12.8 Å². The number of unbranched alkanes of at least 4 members (excludes halogenated alkanes) is 1. The standard InChI is InChI=1S/C19H24N2O3S/c1-3-5-14-21-25(22,23)19-12-8-17(9-13-19)20-15-16-6-10-18(11-7-16)24-4-2/h6-13,15,21H,3-5,14H2,1-2H3/b20-15+. The molecule has 0 aliphatic carbocycles. The summed E-state index contributed by atoms with van der Waals surface area (Å²) < 4.78 is 32.2. The highest BCUT2D eigenvalue weighted by molar-refractivity contribution is 7.89. The van der Waals surface area contributed by atoms with Gasteiger partial charge in [-0.2, -0.15) is 0 Å². The minimum Gasteiger partial charge on any atom is -0.494 e. The quantitative estimate of drug-likeness (QED) is 0.544. The molecule has 0 radical (unpaired) electrons. The number of nitrogens with one attached hydrogen (secondary N) is 1. The van der Waals surface area contributed by atoms with Gasteiger partial charge in [0.15, 0.2) is 0 Å². The van der Waals surface area contributed by atoms with Gasteiger partial charge in [0.05, 0.1) is 17.2 Å². The van der Waals surface area contributed by atoms with Crippen LogP contribution >= 0.6 is 0 Å². The van der Waals surface area contributed by atoms with Crippen molar-refractivity contribution in [1.82, 2.24) is 4.72 Å². The fourth-order valence-corrected chi connectivity index (χ4v) is 3.22. The Morgan fingerprint density at radius 1 is 1.04 bits per heavy atom. The summed E-state index contributed by atoms with van der Waals surface area (Å²) in [6.07, 6.45) is 3.50. The normalized spacial score (nSPS) is 11.8. The van der Waals surface area contributed by atoms with Gasteiger partial charge in [-0.3, -0.25) is 4.99 Å². The molecule has 5 nitrogen and oxygen atoms in total. The smallest absolute Gasteiger partial charge is 0.240 e. The van der Waals surface area contributed by atoms with Crippen molar-refractivity contribution in [3.8, 4) is 5.75 Å². The van der Waals surface area contributed by atoms with Crippen LogP contribution in [0.1, 0.15) is 32.3 Å². The molecule has 2 rings (SSSR count). The molecule has 0 atom stereocenters. The van der Waals surface area contributed by atoms with Gasteiger partial charge in [-0.25, -0.2) is 13.1 Å². The Kier molecular flexibility index (Phi) is 7.16. The molecular formula is C19H24N2O3S. The molecule has 0 fully saturated rings. The highest BCUT2D eigenvalue weighted by Crippen LogP contribution is 2.17. The summed E-state index contributed by atoms with van der Waals surface area (Å²) in [5.74, 6) is 0.824. The van der Waals surface area contributed by atoms with E-state index < -0.39 is 10.0 Å². The van der Waals surface area contributed by atoms with Crippen molar-refractivity contribution in [3.05, 3.63) is 54.1 Å². The first-order valence-electron chi connectivity index (χ1n) is 8.42. The SMILES string of the molecule is CCCCNS(=O)(=O)c1ccc(/N=C/c2ccc(OCC)cc2)cc1. The molecule has 134 valence electrons. The maximum absolute atomic E-state index is 12.1. The summed E-state index contributed by atoms with van der Waals surface area (Å²) in [5.41, 5.74) is 1.64. The second-order valence-electron chi connectivity index (χ2n) is 5.51. The van der Waals surface area contributed by atoms with E-state index in [0.717, 1.165) is 24.2 Å². The Balaban J connectivity index is 2.02. The number of ether oxygens (including phenoxy) is 1. The minimum absolute atomic E-state index is 0.253. The predicted molar refractivity (Wildman–Crippen MR) is 101 cm³/mol. The third-order valence-electron chi connectivity index (χ3n) is 3.52. The van der Waals surface area contributed by atoms with Crippen LogP contribution in [0.25, 0.3) is 0 Å². The van der Waals surface area contributed by atoms with Crippen molar-refractivity contribution >= 4 is 21.9 Å². The lowest BCUT2D eigenvalue weighted by Gasteiger charge is -2.06. The molecule has 0 heterocycles. The highest BCUT2D eigenvalue weighted by Gasteiger charge is 2.12. The van der Waals surface area contributed by atoms with Crippen molar-refractivity contribution in [2.75, 3.05) is 13.2 Å². The zero-order valence-electron chi connectivity index (χ0n) is 14.6. The lowest BCUT2D eigenvalue weighted by atomic mass is 10.2. The molecule has 0 bridgehead atoms. The summed E-state index contributed by atoms with van der Waals surface area (Å²) in [6, 6.07) is 14.2. The van der Waals surface area contributed by atoms with Crippen molar-refractivity contribution in [3.63, 3.8) is 0 Å². The number of hydrogen-bond donors (Lipinski definition) is 1. The molecule has 2 aromatic carbocycles. The number of benzene rings is 2. The van der Waals surface area contributed by atoms with Crippen molar-refractivity contribution < 1.29 is 13.2 Å². The third kappa shape index (κ3) is 5.99. The van der Waals surface area contributed by atoms with E-state index >= 15 is 0 Å². The molecule has 0 aliphatic heterocycles. The van der Waals surface area contributed by atoms with Crippen LogP contribution in [0.15, 0.2) is 58.4 Å². The number of nitrogens with zero attached hydrogens (tertiary/aromatic N) is 1. The van der Waals surface area contributed by atoms with Crippen LogP contribution in [-0.2, 0) is 10.0 Å². The Bertz CT molecular complexity index is 782. The van der Waals surface area contributed by atoms with Crippen LogP contribution in [0.2, 0.25) is 0 Å². The fourth-order valence-electron chi connectivity index (χ4n) is 2.14. The number of aliphatic imine (C=N–C) groups is 1. The second kappa shape index (κ2) is 9.34. The first kappa shape index (κ1) is 19.1. The monoisotopic (exact) mass is 360 g/mol. The molecule has 0 saturated carbocycles. The summed E-state index contributed by atoms with van der Waals surface area (Å²) >= 11 is 0. The number of hydrogen-bond acceptors (Lipinski definition) is 4. The predicted octanol–water partition coefficient (Wildman–Crippen LogP) is 3.91. The van der Waals surface area contributed by atoms with E-state index in [1.54, 1.807) is 30.5 Å². The van der Waals surface area contributed by atoms with Gasteiger partial charge in [0.1, 0.15) is 5.75 Å². The molecule has 0 saturated heterocycles. The van der Waals surface area contributed by atoms with Gasteiger partial charge >= 0.3 is 0 Å². The molecule has 0 aliphatic rings. The third-order valence-corrected chi connectivity index (χ3v) is 5.00. The maximum Gasteiger partial charge on any atom is 0.240 e. The van der Waals surface area contributed by atoms with E-state index in [9.17, 15) is 8.42 Å². The molecule has 25 heavy (non-hydrogen) atoms. The van der Waals surface area contributed by atoms with Crippen molar-refractivity contribution in [1.29, 1.82) is 0 Å². The van der Waals surface area contributed by atoms with Gasteiger partial charge in [-0.1, -0.05) is 13.3 Å². The van der Waals surface area contributed by atoms with Gasteiger partial charge in [-0.05, 0) is 67.4 Å². The highest BCUT2D eigenvalue weighted by atomic mass is 32.2. The van der Waals surface area contributed by atoms with Gasteiger partial charge < -0.3 is 4.74 Å². The van der Waals surface area contributed by atoms with Crippen LogP contribution in [0, 0.1) is 0 Å². The Morgan fingerprint density at radius 3 is 2.32 bits per heavy atom. The zero-order chi connectivity index (χ0) is 18.1. The Hall–Kier alpha value is -2.18. The lowest BCUT2D eigenvalue weighted by Crippen LogP contribution is -2.24. The fraction of sp³-hybridized carbons (Fsp3) is 0.316. The Morgan fingerprint density at radius 2 is 1.72 bits per heavy atom. The molecule has 1 N–H and O–H groups in total. The molecule has 0 unspecified atom stereocenters. The van der Waals surface area contributed by atoms with E-state index in [1.807, 2.05) is 38.1 Å². The van der Waals surface area contributed by atoms with Crippen molar-refractivity contribution in [2.24, 2.45) is 4.99 Å². The minimum atomic E-state index is -3.44. The molecule has 2 aromatic rings. The molecular weight excluding hydrogens is 336 g/mol. The van der Waals surface area contributed by atoms with Gasteiger partial charge in [0.25, 0.3) is 0 Å². The van der Waals surface area contributed by atoms with Gasteiger partial charge in [0.2, 0.25) is 10.0 Å². The molecule has 0 amide bonds. The molecule has 0 aromatic heterocycles. The molecule has 6 heteroatoms. The van der Waals surface area contributed by atoms with E-state index in [1.165, 1.54) is 0 Å². The second-order valence-corrected chi connectivity index (χ2v) is 7.27. The van der Waals surface area contributed by atoms with E-state index in [4.69, 9.17) is 4.74 Å². The summed E-state index contributed by atoms with van der Waals surface area (Å²) in [5, 5.41) is 0. The van der Waals surface area contributed by atoms with Crippen LogP contribution in [0.3, 0.4) is 0 Å². The topological polar surface area (TPSA) is 67.8 Å². The average molecular weight is 360 g/mol. The zero-order valence-corrected chi connectivity index (χ0v) is 15.4. The first-order chi connectivity index (χ1) is 12.0. The van der Waals surface area contributed by atoms with Crippen LogP contribution in [0.4, 0.5) is 5.69 Å².